The third-order valence-electron chi connectivity index (χ3n) is 4.76. The molecule has 7 nitrogen and oxygen atoms in total. The second kappa shape index (κ2) is 8.44. The Morgan fingerprint density at radius 3 is 2.24 bits per heavy atom. The molecule has 2 N–H and O–H groups in total. The molecule has 0 atom stereocenters. The Labute approximate surface area is 168 Å². The van der Waals surface area contributed by atoms with Crippen LogP contribution >= 0.6 is 0 Å². The van der Waals surface area contributed by atoms with Crippen LogP contribution in [0.3, 0.4) is 0 Å². The predicted octanol–water partition coefficient (Wildman–Crippen LogP) is 1.26. The van der Waals surface area contributed by atoms with Gasteiger partial charge in [-0.1, -0.05) is 18.2 Å². The lowest BCUT2D eigenvalue weighted by Crippen LogP contribution is -2.50. The van der Waals surface area contributed by atoms with Gasteiger partial charge in [-0.2, -0.15) is 4.31 Å². The van der Waals surface area contributed by atoms with Gasteiger partial charge in [-0.15, -0.1) is 0 Å². The summed E-state index contributed by atoms with van der Waals surface area (Å²) in [4.78, 5) is 1.65. The summed E-state index contributed by atoms with van der Waals surface area (Å²) in [5, 5.41) is 5.06. The lowest BCUT2D eigenvalue weighted by molar-refractivity contribution is 0.174. The highest BCUT2D eigenvalue weighted by Gasteiger charge is 2.30. The summed E-state index contributed by atoms with van der Waals surface area (Å²) in [6.07, 6.45) is 0.353. The number of primary sulfonamides is 1. The standard InChI is InChI=1S/C18H21F2N3O4S2/c19-17-2-1-3-18(20)16(17)12-22-10-11-28(24,25)23(13-22)9-8-14-4-6-15(7-5-14)29(21,26)27/h1-7H,8-13H2,(H2,21,26,27). The van der Waals surface area contributed by atoms with E-state index >= 15 is 0 Å². The molecule has 0 saturated carbocycles. The number of hydrogen-bond donors (Lipinski definition) is 1. The van der Waals surface area contributed by atoms with Crippen LogP contribution in [0.2, 0.25) is 0 Å². The van der Waals surface area contributed by atoms with Crippen molar-refractivity contribution in [1.29, 1.82) is 0 Å². The van der Waals surface area contributed by atoms with Crippen LogP contribution in [-0.4, -0.2) is 51.6 Å². The SMILES string of the molecule is NS(=O)(=O)c1ccc(CCN2CN(Cc3c(F)cccc3F)CCS2(=O)=O)cc1. The average Bonchev–Trinajstić information content (AvgIpc) is 2.64. The van der Waals surface area contributed by atoms with Crippen LogP contribution < -0.4 is 5.14 Å². The van der Waals surface area contributed by atoms with Crippen molar-refractivity contribution in [3.63, 3.8) is 0 Å². The molecule has 0 unspecified atom stereocenters. The highest BCUT2D eigenvalue weighted by molar-refractivity contribution is 7.89. The summed E-state index contributed by atoms with van der Waals surface area (Å²) in [7, 11) is -7.27. The lowest BCUT2D eigenvalue weighted by atomic mass is 10.1. The number of sulfonamides is 2. The van der Waals surface area contributed by atoms with E-state index in [1.807, 2.05) is 0 Å². The molecule has 0 bridgehead atoms. The minimum Gasteiger partial charge on any atom is -0.284 e. The van der Waals surface area contributed by atoms with Crippen LogP contribution in [-0.2, 0) is 33.0 Å². The highest BCUT2D eigenvalue weighted by Crippen LogP contribution is 2.19. The molecule has 11 heteroatoms. The van der Waals surface area contributed by atoms with Crippen LogP contribution in [0, 0.1) is 11.6 Å². The number of nitrogens with two attached hydrogens (primary N) is 1. The number of benzene rings is 2. The first-order chi connectivity index (χ1) is 13.6. The van der Waals surface area contributed by atoms with E-state index in [2.05, 4.69) is 0 Å². The summed E-state index contributed by atoms with van der Waals surface area (Å²) >= 11 is 0. The number of nitrogens with zero attached hydrogens (tertiary/aromatic N) is 2. The topological polar surface area (TPSA) is 101 Å². The van der Waals surface area contributed by atoms with Crippen LogP contribution in [0.5, 0.6) is 0 Å². The molecule has 3 rings (SSSR count). The van der Waals surface area contributed by atoms with Crippen molar-refractivity contribution in [3.8, 4) is 0 Å². The zero-order valence-corrected chi connectivity index (χ0v) is 17.1. The van der Waals surface area contributed by atoms with Gasteiger partial charge in [-0.05, 0) is 36.2 Å². The number of rotatable bonds is 6. The normalized spacial score (nSPS) is 18.0. The first kappa shape index (κ1) is 21.8. The minimum absolute atomic E-state index is 0.0192. The van der Waals surface area contributed by atoms with Crippen LogP contribution in [0.4, 0.5) is 8.78 Å². The van der Waals surface area contributed by atoms with E-state index in [4.69, 9.17) is 5.14 Å². The fraction of sp³-hybridized carbons (Fsp3) is 0.333. The first-order valence-electron chi connectivity index (χ1n) is 8.81. The van der Waals surface area contributed by atoms with E-state index in [9.17, 15) is 25.6 Å². The van der Waals surface area contributed by atoms with Gasteiger partial charge in [0.2, 0.25) is 20.0 Å². The van der Waals surface area contributed by atoms with Crippen LogP contribution in [0.15, 0.2) is 47.4 Å². The molecule has 0 aromatic heterocycles. The lowest BCUT2D eigenvalue weighted by Gasteiger charge is -2.35. The zero-order chi connectivity index (χ0) is 21.2. The Hall–Kier alpha value is -1.92. The van der Waals surface area contributed by atoms with Gasteiger partial charge in [-0.25, -0.2) is 30.8 Å². The average molecular weight is 446 g/mol. The Kier molecular flexibility index (Phi) is 6.34. The molecule has 2 aromatic carbocycles. The second-order valence-corrected chi connectivity index (χ2v) is 10.5. The Morgan fingerprint density at radius 2 is 1.66 bits per heavy atom. The van der Waals surface area contributed by atoms with Gasteiger partial charge < -0.3 is 0 Å². The van der Waals surface area contributed by atoms with Gasteiger partial charge in [0, 0.05) is 25.2 Å². The van der Waals surface area contributed by atoms with Crippen LogP contribution in [0.25, 0.3) is 0 Å². The quantitative estimate of drug-likeness (QED) is 0.722. The summed E-state index contributed by atoms with van der Waals surface area (Å²) in [6.45, 7) is 0.321. The van der Waals surface area contributed by atoms with Crippen molar-refractivity contribution in [3.05, 3.63) is 65.2 Å². The molecule has 158 valence electrons. The highest BCUT2D eigenvalue weighted by atomic mass is 32.2. The van der Waals surface area contributed by atoms with E-state index < -0.39 is 31.7 Å². The van der Waals surface area contributed by atoms with Gasteiger partial charge in [0.05, 0.1) is 17.3 Å². The summed E-state index contributed by atoms with van der Waals surface area (Å²) in [5.41, 5.74) is 0.648. The molecule has 0 spiro atoms. The van der Waals surface area contributed by atoms with Crippen molar-refractivity contribution in [2.75, 3.05) is 25.5 Å². The molecule has 2 aromatic rings. The first-order valence-corrected chi connectivity index (χ1v) is 12.0. The number of halogens is 2. The van der Waals surface area contributed by atoms with Crippen molar-refractivity contribution >= 4 is 20.0 Å². The molecule has 1 fully saturated rings. The maximum Gasteiger partial charge on any atom is 0.238 e. The van der Waals surface area contributed by atoms with Crippen LogP contribution in [0.1, 0.15) is 11.1 Å². The Morgan fingerprint density at radius 1 is 1.03 bits per heavy atom. The van der Waals surface area contributed by atoms with Gasteiger partial charge in [0.25, 0.3) is 0 Å². The third-order valence-corrected chi connectivity index (χ3v) is 7.47. The van der Waals surface area contributed by atoms with E-state index in [1.54, 1.807) is 17.0 Å². The van der Waals surface area contributed by atoms with Crippen molar-refractivity contribution in [2.45, 2.75) is 17.9 Å². The van der Waals surface area contributed by atoms with E-state index in [0.29, 0.717) is 6.42 Å². The predicted molar refractivity (Wildman–Crippen MR) is 104 cm³/mol. The summed E-state index contributed by atoms with van der Waals surface area (Å²) in [6, 6.07) is 9.49. The van der Waals surface area contributed by atoms with Gasteiger partial charge in [0.1, 0.15) is 11.6 Å². The monoisotopic (exact) mass is 445 g/mol. The molecule has 1 aliphatic heterocycles. The Balaban J connectivity index is 1.67. The fourth-order valence-electron chi connectivity index (χ4n) is 3.10. The summed E-state index contributed by atoms with van der Waals surface area (Å²) < 4.78 is 76.4. The maximum atomic E-state index is 13.9. The molecular formula is C18H21F2N3O4S2. The molecule has 29 heavy (non-hydrogen) atoms. The largest absolute Gasteiger partial charge is 0.284 e. The molecule has 1 saturated heterocycles. The molecule has 1 aliphatic rings. The summed E-state index contributed by atoms with van der Waals surface area (Å²) in [5.74, 6) is -1.48. The van der Waals surface area contributed by atoms with Gasteiger partial charge in [-0.3, -0.25) is 4.90 Å². The molecule has 0 amide bonds. The molecular weight excluding hydrogens is 424 g/mol. The molecule has 1 heterocycles. The smallest absolute Gasteiger partial charge is 0.238 e. The van der Waals surface area contributed by atoms with Gasteiger partial charge in [0.15, 0.2) is 0 Å². The van der Waals surface area contributed by atoms with Crippen molar-refractivity contribution in [1.82, 2.24) is 9.21 Å². The van der Waals surface area contributed by atoms with E-state index in [1.165, 1.54) is 34.6 Å². The maximum absolute atomic E-state index is 13.9. The zero-order valence-electron chi connectivity index (χ0n) is 15.5. The van der Waals surface area contributed by atoms with E-state index in [-0.39, 0.29) is 42.5 Å². The van der Waals surface area contributed by atoms with Crippen molar-refractivity contribution < 1.29 is 25.6 Å². The Bertz CT molecular complexity index is 1070. The van der Waals surface area contributed by atoms with Crippen molar-refractivity contribution in [2.24, 2.45) is 5.14 Å². The molecule has 0 aliphatic carbocycles. The third kappa shape index (κ3) is 5.37. The fourth-order valence-corrected chi connectivity index (χ4v) is 5.07. The molecule has 0 radical (unpaired) electrons. The number of hydrogen-bond acceptors (Lipinski definition) is 5. The second-order valence-electron chi connectivity index (χ2n) is 6.82. The van der Waals surface area contributed by atoms with E-state index in [0.717, 1.165) is 5.56 Å². The minimum atomic E-state index is -3.79. The van der Waals surface area contributed by atoms with Gasteiger partial charge >= 0.3 is 0 Å².